The van der Waals surface area contributed by atoms with Crippen LogP contribution >= 0.6 is 11.8 Å². The zero-order valence-electron chi connectivity index (χ0n) is 9.08. The largest absolute Gasteiger partial charge is 0.327 e. The summed E-state index contributed by atoms with van der Waals surface area (Å²) in [7, 11) is 0. The first-order chi connectivity index (χ1) is 7.24. The summed E-state index contributed by atoms with van der Waals surface area (Å²) in [6.07, 6.45) is 4.80. The van der Waals surface area contributed by atoms with Gasteiger partial charge in [0.05, 0.1) is 0 Å². The second-order valence-electron chi connectivity index (χ2n) is 3.69. The van der Waals surface area contributed by atoms with E-state index >= 15 is 0 Å². The van der Waals surface area contributed by atoms with Crippen molar-refractivity contribution in [1.29, 1.82) is 0 Å². The van der Waals surface area contributed by atoms with Gasteiger partial charge in [-0.05, 0) is 42.9 Å². The van der Waals surface area contributed by atoms with Crippen molar-refractivity contribution < 1.29 is 4.39 Å². The molecule has 1 atom stereocenters. The number of rotatable bonds is 6. The van der Waals surface area contributed by atoms with Crippen LogP contribution in [0.25, 0.3) is 0 Å². The molecule has 0 spiro atoms. The molecule has 1 rings (SSSR count). The maximum absolute atomic E-state index is 13.3. The maximum atomic E-state index is 13.3. The number of halogens is 1. The van der Waals surface area contributed by atoms with Crippen molar-refractivity contribution in [2.75, 3.05) is 12.0 Å². The SMILES string of the molecule is CSCCCC(N)Cc1ccccc1F. The fourth-order valence-corrected chi connectivity index (χ4v) is 1.99. The number of benzene rings is 1. The van der Waals surface area contributed by atoms with Gasteiger partial charge in [-0.1, -0.05) is 18.2 Å². The molecule has 0 aliphatic heterocycles. The number of thioether (sulfide) groups is 1. The normalized spacial score (nSPS) is 12.7. The van der Waals surface area contributed by atoms with Crippen molar-refractivity contribution in [3.63, 3.8) is 0 Å². The van der Waals surface area contributed by atoms with Crippen LogP contribution in [-0.2, 0) is 6.42 Å². The monoisotopic (exact) mass is 227 g/mol. The number of nitrogens with two attached hydrogens (primary N) is 1. The van der Waals surface area contributed by atoms with Crippen LogP contribution in [0, 0.1) is 5.82 Å². The molecule has 1 aromatic rings. The van der Waals surface area contributed by atoms with Crippen molar-refractivity contribution in [1.82, 2.24) is 0 Å². The van der Waals surface area contributed by atoms with E-state index in [4.69, 9.17) is 5.73 Å². The third-order valence-corrected chi connectivity index (χ3v) is 3.06. The number of hydrogen-bond donors (Lipinski definition) is 1. The first kappa shape index (κ1) is 12.5. The molecule has 3 heteroatoms. The molecule has 0 radical (unpaired) electrons. The lowest BCUT2D eigenvalue weighted by atomic mass is 10.0. The summed E-state index contributed by atoms with van der Waals surface area (Å²) in [4.78, 5) is 0. The lowest BCUT2D eigenvalue weighted by molar-refractivity contribution is 0.563. The van der Waals surface area contributed by atoms with Crippen molar-refractivity contribution in [2.45, 2.75) is 25.3 Å². The number of hydrogen-bond acceptors (Lipinski definition) is 2. The molecule has 2 N–H and O–H groups in total. The van der Waals surface area contributed by atoms with E-state index in [1.807, 2.05) is 23.9 Å². The Morgan fingerprint density at radius 3 is 2.80 bits per heavy atom. The summed E-state index contributed by atoms with van der Waals surface area (Å²) in [6.45, 7) is 0. The Morgan fingerprint density at radius 1 is 1.40 bits per heavy atom. The topological polar surface area (TPSA) is 26.0 Å². The average Bonchev–Trinajstić information content (AvgIpc) is 2.22. The zero-order valence-corrected chi connectivity index (χ0v) is 9.90. The standard InChI is InChI=1S/C12H18FNS/c1-15-8-4-6-11(14)9-10-5-2-3-7-12(10)13/h2-3,5,7,11H,4,6,8-9,14H2,1H3. The van der Waals surface area contributed by atoms with Gasteiger partial charge in [0.25, 0.3) is 0 Å². The molecule has 0 saturated carbocycles. The van der Waals surface area contributed by atoms with Crippen molar-refractivity contribution in [3.05, 3.63) is 35.6 Å². The Kier molecular flexibility index (Phi) is 5.73. The Bertz CT molecular complexity index is 291. The molecular weight excluding hydrogens is 209 g/mol. The highest BCUT2D eigenvalue weighted by atomic mass is 32.2. The molecular formula is C12H18FNS. The van der Waals surface area contributed by atoms with Gasteiger partial charge >= 0.3 is 0 Å². The van der Waals surface area contributed by atoms with E-state index in [1.165, 1.54) is 6.07 Å². The second kappa shape index (κ2) is 6.85. The van der Waals surface area contributed by atoms with Gasteiger partial charge in [-0.2, -0.15) is 11.8 Å². The minimum atomic E-state index is -0.141. The summed E-state index contributed by atoms with van der Waals surface area (Å²) in [5.74, 6) is 0.989. The van der Waals surface area contributed by atoms with E-state index in [9.17, 15) is 4.39 Å². The second-order valence-corrected chi connectivity index (χ2v) is 4.68. The fourth-order valence-electron chi connectivity index (χ4n) is 1.54. The van der Waals surface area contributed by atoms with Crippen LogP contribution in [0.4, 0.5) is 4.39 Å². The van der Waals surface area contributed by atoms with Gasteiger partial charge in [0.2, 0.25) is 0 Å². The molecule has 0 fully saturated rings. The molecule has 1 nitrogen and oxygen atoms in total. The molecule has 0 saturated heterocycles. The van der Waals surface area contributed by atoms with Crippen LogP contribution in [0.5, 0.6) is 0 Å². The van der Waals surface area contributed by atoms with E-state index in [0.717, 1.165) is 24.2 Å². The van der Waals surface area contributed by atoms with Crippen LogP contribution in [0.3, 0.4) is 0 Å². The average molecular weight is 227 g/mol. The van der Waals surface area contributed by atoms with Crippen LogP contribution < -0.4 is 5.73 Å². The zero-order chi connectivity index (χ0) is 11.1. The quantitative estimate of drug-likeness (QED) is 0.756. The van der Waals surface area contributed by atoms with Gasteiger partial charge in [0.15, 0.2) is 0 Å². The van der Waals surface area contributed by atoms with E-state index < -0.39 is 0 Å². The molecule has 1 unspecified atom stereocenters. The summed E-state index contributed by atoms with van der Waals surface area (Å²) in [5.41, 5.74) is 6.67. The predicted molar refractivity (Wildman–Crippen MR) is 65.7 cm³/mol. The minimum absolute atomic E-state index is 0.0778. The summed E-state index contributed by atoms with van der Waals surface area (Å²) >= 11 is 1.82. The summed E-state index contributed by atoms with van der Waals surface area (Å²) < 4.78 is 13.3. The van der Waals surface area contributed by atoms with E-state index in [1.54, 1.807) is 6.07 Å². The molecule has 1 aromatic carbocycles. The molecule has 0 aliphatic rings. The van der Waals surface area contributed by atoms with Crippen LogP contribution in [0.1, 0.15) is 18.4 Å². The van der Waals surface area contributed by atoms with Crippen molar-refractivity contribution in [3.8, 4) is 0 Å². The molecule has 15 heavy (non-hydrogen) atoms. The van der Waals surface area contributed by atoms with Crippen LogP contribution in [0.15, 0.2) is 24.3 Å². The minimum Gasteiger partial charge on any atom is -0.327 e. The lowest BCUT2D eigenvalue weighted by Gasteiger charge is -2.11. The van der Waals surface area contributed by atoms with Gasteiger partial charge in [-0.15, -0.1) is 0 Å². The smallest absolute Gasteiger partial charge is 0.126 e. The highest BCUT2D eigenvalue weighted by molar-refractivity contribution is 7.98. The highest BCUT2D eigenvalue weighted by Gasteiger charge is 2.07. The molecule has 0 aliphatic carbocycles. The molecule has 0 aromatic heterocycles. The lowest BCUT2D eigenvalue weighted by Crippen LogP contribution is -2.23. The highest BCUT2D eigenvalue weighted by Crippen LogP contribution is 2.11. The summed E-state index contributed by atoms with van der Waals surface area (Å²) in [6, 6.07) is 6.94. The van der Waals surface area contributed by atoms with Gasteiger partial charge in [-0.3, -0.25) is 0 Å². The summed E-state index contributed by atoms with van der Waals surface area (Å²) in [5, 5.41) is 0. The Balaban J connectivity index is 2.37. The first-order valence-corrected chi connectivity index (χ1v) is 6.61. The van der Waals surface area contributed by atoms with Gasteiger partial charge in [-0.25, -0.2) is 4.39 Å². The Hall–Kier alpha value is -0.540. The van der Waals surface area contributed by atoms with Gasteiger partial charge in [0, 0.05) is 6.04 Å². The Labute approximate surface area is 95.2 Å². The van der Waals surface area contributed by atoms with E-state index in [0.29, 0.717) is 6.42 Å². The van der Waals surface area contributed by atoms with Crippen LogP contribution in [0.2, 0.25) is 0 Å². The molecule has 0 bridgehead atoms. The van der Waals surface area contributed by atoms with Crippen molar-refractivity contribution >= 4 is 11.8 Å². The van der Waals surface area contributed by atoms with Crippen LogP contribution in [-0.4, -0.2) is 18.1 Å². The van der Waals surface area contributed by atoms with E-state index in [-0.39, 0.29) is 11.9 Å². The molecule has 84 valence electrons. The molecule has 0 amide bonds. The fraction of sp³-hybridized carbons (Fsp3) is 0.500. The molecule has 0 heterocycles. The van der Waals surface area contributed by atoms with Crippen molar-refractivity contribution in [2.24, 2.45) is 5.73 Å². The third kappa shape index (κ3) is 4.67. The maximum Gasteiger partial charge on any atom is 0.126 e. The van der Waals surface area contributed by atoms with E-state index in [2.05, 4.69) is 6.26 Å². The predicted octanol–water partition coefficient (Wildman–Crippen LogP) is 2.84. The van der Waals surface area contributed by atoms with Gasteiger partial charge in [0.1, 0.15) is 5.82 Å². The first-order valence-electron chi connectivity index (χ1n) is 5.22. The third-order valence-electron chi connectivity index (χ3n) is 2.36. The Morgan fingerprint density at radius 2 is 2.13 bits per heavy atom. The van der Waals surface area contributed by atoms with Gasteiger partial charge < -0.3 is 5.73 Å².